The number of rotatable bonds is 3. The summed E-state index contributed by atoms with van der Waals surface area (Å²) in [5.74, 6) is -1.51. The minimum Gasteiger partial charge on any atom is -0.457 e. The van der Waals surface area contributed by atoms with E-state index in [4.69, 9.17) is 9.47 Å². The monoisotopic (exact) mass is 188 g/mol. The van der Waals surface area contributed by atoms with Gasteiger partial charge in [-0.15, -0.1) is 0 Å². The first-order chi connectivity index (χ1) is 6.03. The lowest BCUT2D eigenvalue weighted by Crippen LogP contribution is -2.25. The topological polar surface area (TPSA) is 61.8 Å². The maximum atomic E-state index is 10.4. The second kappa shape index (κ2) is 3.85. The summed E-state index contributed by atoms with van der Waals surface area (Å²) < 4.78 is 15.1. The molecule has 1 fully saturated rings. The number of aldehydes is 1. The zero-order chi connectivity index (χ0) is 9.90. The molecule has 0 radical (unpaired) electrons. The predicted octanol–water partition coefficient (Wildman–Crippen LogP) is -0.120. The molecule has 0 aromatic carbocycles. The van der Waals surface area contributed by atoms with Crippen LogP contribution in [-0.2, 0) is 23.8 Å². The van der Waals surface area contributed by atoms with Crippen molar-refractivity contribution in [2.75, 3.05) is 13.2 Å². The molecule has 1 saturated heterocycles. The van der Waals surface area contributed by atoms with E-state index in [1.807, 2.05) is 0 Å². The van der Waals surface area contributed by atoms with E-state index in [2.05, 4.69) is 4.74 Å². The summed E-state index contributed by atoms with van der Waals surface area (Å²) in [7, 11) is 0. The van der Waals surface area contributed by atoms with Gasteiger partial charge in [0.05, 0.1) is 6.61 Å². The van der Waals surface area contributed by atoms with Crippen LogP contribution in [0.5, 0.6) is 0 Å². The lowest BCUT2D eigenvalue weighted by molar-refractivity contribution is -0.159. The van der Waals surface area contributed by atoms with Gasteiger partial charge < -0.3 is 14.2 Å². The highest BCUT2D eigenvalue weighted by Gasteiger charge is 2.33. The molecule has 0 aromatic rings. The van der Waals surface area contributed by atoms with Crippen LogP contribution in [-0.4, -0.2) is 37.4 Å². The third-order valence-electron chi connectivity index (χ3n) is 1.58. The van der Waals surface area contributed by atoms with Crippen LogP contribution >= 0.6 is 0 Å². The van der Waals surface area contributed by atoms with E-state index in [9.17, 15) is 9.59 Å². The first-order valence-corrected chi connectivity index (χ1v) is 3.97. The van der Waals surface area contributed by atoms with Crippen molar-refractivity contribution >= 4 is 12.3 Å². The molecule has 0 bridgehead atoms. The van der Waals surface area contributed by atoms with E-state index >= 15 is 0 Å². The largest absolute Gasteiger partial charge is 0.457 e. The second-order valence-corrected chi connectivity index (χ2v) is 3.20. The highest BCUT2D eigenvalue weighted by Crippen LogP contribution is 2.22. The lowest BCUT2D eigenvalue weighted by atomic mass is 10.4. The van der Waals surface area contributed by atoms with Gasteiger partial charge >= 0.3 is 5.97 Å². The molecule has 13 heavy (non-hydrogen) atoms. The normalized spacial score (nSPS) is 25.5. The van der Waals surface area contributed by atoms with Crippen LogP contribution in [0.25, 0.3) is 0 Å². The van der Waals surface area contributed by atoms with E-state index in [0.29, 0.717) is 6.61 Å². The van der Waals surface area contributed by atoms with Crippen LogP contribution in [0.3, 0.4) is 0 Å². The molecule has 1 heterocycles. The van der Waals surface area contributed by atoms with Crippen LogP contribution in [0.1, 0.15) is 13.8 Å². The Morgan fingerprint density at radius 3 is 2.85 bits per heavy atom. The molecule has 0 amide bonds. The summed E-state index contributed by atoms with van der Waals surface area (Å²) in [5, 5.41) is 0. The van der Waals surface area contributed by atoms with Crippen molar-refractivity contribution in [3.63, 3.8) is 0 Å². The number of carbonyl (C=O) groups excluding carboxylic acids is 2. The van der Waals surface area contributed by atoms with Crippen LogP contribution in [0.4, 0.5) is 0 Å². The van der Waals surface area contributed by atoms with Gasteiger partial charge in [-0.3, -0.25) is 4.79 Å². The van der Waals surface area contributed by atoms with E-state index in [-0.39, 0.29) is 19.0 Å². The minimum atomic E-state index is -0.881. The molecule has 0 N–H and O–H groups in total. The highest BCUT2D eigenvalue weighted by molar-refractivity contribution is 6.20. The maximum Gasteiger partial charge on any atom is 0.371 e. The number of esters is 1. The Labute approximate surface area is 76.0 Å². The van der Waals surface area contributed by atoms with E-state index in [1.165, 1.54) is 0 Å². The fourth-order valence-corrected chi connectivity index (χ4v) is 1.05. The zero-order valence-corrected chi connectivity index (χ0v) is 7.61. The van der Waals surface area contributed by atoms with Gasteiger partial charge in [0, 0.05) is 0 Å². The number of ether oxygens (including phenoxy) is 3. The Hall–Kier alpha value is -0.940. The van der Waals surface area contributed by atoms with Gasteiger partial charge in [-0.2, -0.15) is 0 Å². The third-order valence-corrected chi connectivity index (χ3v) is 1.58. The molecule has 5 heteroatoms. The van der Waals surface area contributed by atoms with E-state index in [1.54, 1.807) is 13.8 Å². The molecule has 1 atom stereocenters. The van der Waals surface area contributed by atoms with Gasteiger partial charge in [-0.1, -0.05) is 0 Å². The van der Waals surface area contributed by atoms with Crippen molar-refractivity contribution in [1.29, 1.82) is 0 Å². The summed E-state index contributed by atoms with van der Waals surface area (Å²) in [6, 6.07) is 0. The molecular formula is C8H12O5. The Bertz CT molecular complexity index is 211. The Morgan fingerprint density at radius 2 is 2.38 bits per heavy atom. The standard InChI is InChI=1S/C8H12O5/c1-8(2)12-5-6(13-8)4-11-7(10)3-9/h3,6H,4-5H2,1-2H3/t6-/m1/s1. The second-order valence-electron chi connectivity index (χ2n) is 3.20. The Kier molecular flexibility index (Phi) is 3.00. The Balaban J connectivity index is 2.25. The first kappa shape index (κ1) is 10.1. The molecule has 1 rings (SSSR count). The predicted molar refractivity (Wildman–Crippen MR) is 41.9 cm³/mol. The van der Waals surface area contributed by atoms with Crippen LogP contribution in [0.15, 0.2) is 0 Å². The van der Waals surface area contributed by atoms with E-state index < -0.39 is 11.8 Å². The SMILES string of the molecule is CC1(C)OC[C@@H](COC(=O)C=O)O1. The van der Waals surface area contributed by atoms with Crippen molar-refractivity contribution in [3.8, 4) is 0 Å². The van der Waals surface area contributed by atoms with Crippen molar-refractivity contribution in [3.05, 3.63) is 0 Å². The fourth-order valence-electron chi connectivity index (χ4n) is 1.05. The van der Waals surface area contributed by atoms with Crippen molar-refractivity contribution < 1.29 is 23.8 Å². The molecular weight excluding hydrogens is 176 g/mol. The smallest absolute Gasteiger partial charge is 0.371 e. The fraction of sp³-hybridized carbons (Fsp3) is 0.750. The van der Waals surface area contributed by atoms with Crippen LogP contribution in [0.2, 0.25) is 0 Å². The van der Waals surface area contributed by atoms with Gasteiger partial charge in [0.15, 0.2) is 5.79 Å². The van der Waals surface area contributed by atoms with Crippen molar-refractivity contribution in [2.24, 2.45) is 0 Å². The van der Waals surface area contributed by atoms with Gasteiger partial charge in [-0.25, -0.2) is 4.79 Å². The van der Waals surface area contributed by atoms with E-state index in [0.717, 1.165) is 0 Å². The maximum absolute atomic E-state index is 10.4. The molecule has 0 saturated carbocycles. The molecule has 5 nitrogen and oxygen atoms in total. The lowest BCUT2D eigenvalue weighted by Gasteiger charge is -2.16. The van der Waals surface area contributed by atoms with Gasteiger partial charge in [0.2, 0.25) is 6.29 Å². The number of carbonyl (C=O) groups is 2. The molecule has 0 unspecified atom stereocenters. The number of hydrogen-bond acceptors (Lipinski definition) is 5. The first-order valence-electron chi connectivity index (χ1n) is 3.97. The summed E-state index contributed by atoms with van der Waals surface area (Å²) in [6.07, 6.45) is -0.153. The molecule has 1 aliphatic rings. The van der Waals surface area contributed by atoms with Gasteiger partial charge in [0.1, 0.15) is 12.7 Å². The average molecular weight is 188 g/mol. The number of hydrogen-bond donors (Lipinski definition) is 0. The summed E-state index contributed by atoms with van der Waals surface area (Å²) in [4.78, 5) is 20.3. The molecule has 74 valence electrons. The molecule has 0 spiro atoms. The third kappa shape index (κ3) is 3.12. The minimum absolute atomic E-state index is 0.0566. The van der Waals surface area contributed by atoms with Crippen molar-refractivity contribution in [1.82, 2.24) is 0 Å². The zero-order valence-electron chi connectivity index (χ0n) is 7.61. The molecule has 1 aliphatic heterocycles. The van der Waals surface area contributed by atoms with Gasteiger partial charge in [0.25, 0.3) is 0 Å². The summed E-state index contributed by atoms with van der Waals surface area (Å²) in [6.45, 7) is 3.98. The van der Waals surface area contributed by atoms with Crippen molar-refractivity contribution in [2.45, 2.75) is 25.7 Å². The van der Waals surface area contributed by atoms with Crippen LogP contribution < -0.4 is 0 Å². The summed E-state index contributed by atoms with van der Waals surface area (Å²) >= 11 is 0. The Morgan fingerprint density at radius 1 is 1.69 bits per heavy atom. The average Bonchev–Trinajstić information content (AvgIpc) is 2.41. The molecule has 0 aliphatic carbocycles. The summed E-state index contributed by atoms with van der Waals surface area (Å²) in [5.41, 5.74) is 0. The van der Waals surface area contributed by atoms with Crippen LogP contribution in [0, 0.1) is 0 Å². The quantitative estimate of drug-likeness (QED) is 0.351. The highest BCUT2D eigenvalue weighted by atomic mass is 16.7. The molecule has 0 aromatic heterocycles. The van der Waals surface area contributed by atoms with Gasteiger partial charge in [-0.05, 0) is 13.8 Å².